The van der Waals surface area contributed by atoms with E-state index in [1.807, 2.05) is 30.3 Å². The summed E-state index contributed by atoms with van der Waals surface area (Å²) >= 11 is 4.94. The second-order valence-corrected chi connectivity index (χ2v) is 4.75. The molecular formula is C10H9BrN2OS. The second kappa shape index (κ2) is 4.83. The van der Waals surface area contributed by atoms with Crippen LogP contribution in [0, 0.1) is 0 Å². The summed E-state index contributed by atoms with van der Waals surface area (Å²) in [5.41, 5.74) is 0.702. The molecule has 0 saturated carbocycles. The van der Waals surface area contributed by atoms with E-state index in [0.29, 0.717) is 5.69 Å². The average Bonchev–Trinajstić information content (AvgIpc) is 2.62. The lowest BCUT2D eigenvalue weighted by atomic mass is 10.4. The van der Waals surface area contributed by atoms with Gasteiger partial charge < -0.3 is 5.11 Å². The molecule has 5 heteroatoms. The van der Waals surface area contributed by atoms with E-state index in [2.05, 4.69) is 26.1 Å². The van der Waals surface area contributed by atoms with Crippen LogP contribution in [0.25, 0.3) is 0 Å². The predicted molar refractivity (Wildman–Crippen MR) is 62.8 cm³/mol. The molecule has 0 amide bonds. The molecule has 0 atom stereocenters. The molecule has 0 aliphatic carbocycles. The van der Waals surface area contributed by atoms with Crippen LogP contribution in [0.2, 0.25) is 0 Å². The molecule has 1 heterocycles. The molecule has 1 aromatic heterocycles. The fourth-order valence-corrected chi connectivity index (χ4v) is 2.48. The normalized spacial score (nSPS) is 10.5. The maximum absolute atomic E-state index is 8.99. The Morgan fingerprint density at radius 3 is 2.67 bits per heavy atom. The molecule has 0 fully saturated rings. The van der Waals surface area contributed by atoms with Crippen LogP contribution in [0.3, 0.4) is 0 Å². The van der Waals surface area contributed by atoms with Crippen molar-refractivity contribution in [3.8, 4) is 0 Å². The van der Waals surface area contributed by atoms with Gasteiger partial charge in [0.2, 0.25) is 0 Å². The van der Waals surface area contributed by atoms with E-state index >= 15 is 0 Å². The van der Waals surface area contributed by atoms with Gasteiger partial charge in [-0.3, -0.25) is 5.10 Å². The Hall–Kier alpha value is -0.780. The molecule has 0 saturated heterocycles. The van der Waals surface area contributed by atoms with Crippen molar-refractivity contribution in [2.75, 3.05) is 0 Å². The zero-order chi connectivity index (χ0) is 10.7. The van der Waals surface area contributed by atoms with E-state index in [1.165, 1.54) is 0 Å². The van der Waals surface area contributed by atoms with Gasteiger partial charge in [0.15, 0.2) is 0 Å². The van der Waals surface area contributed by atoms with E-state index in [9.17, 15) is 0 Å². The zero-order valence-electron chi connectivity index (χ0n) is 7.77. The number of nitrogens with one attached hydrogen (secondary N) is 1. The lowest BCUT2D eigenvalue weighted by Gasteiger charge is -1.97. The minimum absolute atomic E-state index is 0.0388. The van der Waals surface area contributed by atoms with Gasteiger partial charge >= 0.3 is 0 Å². The Bertz CT molecular complexity index is 444. The number of benzene rings is 1. The van der Waals surface area contributed by atoms with Crippen LogP contribution in [-0.4, -0.2) is 15.3 Å². The molecule has 2 N–H and O–H groups in total. The highest BCUT2D eigenvalue weighted by atomic mass is 79.9. The molecule has 1 aromatic carbocycles. The predicted octanol–water partition coefficient (Wildman–Crippen LogP) is 2.82. The van der Waals surface area contributed by atoms with Gasteiger partial charge in [0.25, 0.3) is 0 Å². The summed E-state index contributed by atoms with van der Waals surface area (Å²) in [5, 5.41) is 16.7. The standard InChI is InChI=1S/C10H9BrN2OS/c11-9-8(6-14)12-13-10(9)15-7-4-2-1-3-5-7/h1-5,14H,6H2,(H,12,13). The van der Waals surface area contributed by atoms with Crippen LogP contribution in [0.5, 0.6) is 0 Å². The highest BCUT2D eigenvalue weighted by Gasteiger charge is 2.10. The molecule has 2 rings (SSSR count). The molecule has 0 radical (unpaired) electrons. The van der Waals surface area contributed by atoms with Crippen molar-refractivity contribution < 1.29 is 5.11 Å². The van der Waals surface area contributed by atoms with Crippen molar-refractivity contribution in [3.05, 3.63) is 40.5 Å². The van der Waals surface area contributed by atoms with Crippen LogP contribution in [-0.2, 0) is 6.61 Å². The molecule has 0 aliphatic heterocycles. The van der Waals surface area contributed by atoms with Gasteiger partial charge in [0, 0.05) is 4.90 Å². The van der Waals surface area contributed by atoms with E-state index in [1.54, 1.807) is 11.8 Å². The van der Waals surface area contributed by atoms with Gasteiger partial charge in [0.05, 0.1) is 16.8 Å². The second-order valence-electron chi connectivity index (χ2n) is 2.89. The van der Waals surface area contributed by atoms with E-state index < -0.39 is 0 Å². The fraction of sp³-hybridized carbons (Fsp3) is 0.100. The number of rotatable bonds is 3. The highest BCUT2D eigenvalue weighted by molar-refractivity contribution is 9.10. The van der Waals surface area contributed by atoms with Gasteiger partial charge in [-0.2, -0.15) is 5.10 Å². The Morgan fingerprint density at radius 1 is 1.33 bits per heavy atom. The maximum Gasteiger partial charge on any atom is 0.137 e. The van der Waals surface area contributed by atoms with Crippen molar-refractivity contribution in [1.82, 2.24) is 10.2 Å². The minimum Gasteiger partial charge on any atom is -0.390 e. The van der Waals surface area contributed by atoms with Gasteiger partial charge in [-0.1, -0.05) is 30.0 Å². The molecule has 0 spiro atoms. The van der Waals surface area contributed by atoms with Crippen LogP contribution in [0.15, 0.2) is 44.7 Å². The van der Waals surface area contributed by atoms with Gasteiger partial charge in [-0.05, 0) is 28.1 Å². The van der Waals surface area contributed by atoms with Gasteiger partial charge in [-0.15, -0.1) is 0 Å². The first-order chi connectivity index (χ1) is 7.31. The number of aliphatic hydroxyl groups is 1. The van der Waals surface area contributed by atoms with Crippen LogP contribution < -0.4 is 0 Å². The average molecular weight is 285 g/mol. The Labute approximate surface area is 100 Å². The zero-order valence-corrected chi connectivity index (χ0v) is 10.2. The minimum atomic E-state index is -0.0388. The first kappa shape index (κ1) is 10.7. The largest absolute Gasteiger partial charge is 0.390 e. The summed E-state index contributed by atoms with van der Waals surface area (Å²) in [5.74, 6) is 0. The van der Waals surface area contributed by atoms with E-state index in [4.69, 9.17) is 5.11 Å². The summed E-state index contributed by atoms with van der Waals surface area (Å²) in [6.45, 7) is -0.0388. The number of aromatic amines is 1. The number of aromatic nitrogens is 2. The molecule has 0 unspecified atom stereocenters. The first-order valence-electron chi connectivity index (χ1n) is 4.37. The Kier molecular flexibility index (Phi) is 3.45. The van der Waals surface area contributed by atoms with Gasteiger partial charge in [0.1, 0.15) is 5.03 Å². The number of halogens is 1. The molecule has 3 nitrogen and oxygen atoms in total. The smallest absolute Gasteiger partial charge is 0.137 e. The third-order valence-corrected chi connectivity index (χ3v) is 3.97. The van der Waals surface area contributed by atoms with Crippen molar-refractivity contribution in [2.45, 2.75) is 16.5 Å². The fourth-order valence-electron chi connectivity index (χ4n) is 1.12. The summed E-state index contributed by atoms with van der Waals surface area (Å²) < 4.78 is 0.832. The lowest BCUT2D eigenvalue weighted by Crippen LogP contribution is -1.82. The molecule has 0 bridgehead atoms. The molecule has 15 heavy (non-hydrogen) atoms. The van der Waals surface area contributed by atoms with Crippen LogP contribution >= 0.6 is 27.7 Å². The van der Waals surface area contributed by atoms with Crippen molar-refractivity contribution >= 4 is 27.7 Å². The summed E-state index contributed by atoms with van der Waals surface area (Å²) in [4.78, 5) is 1.12. The summed E-state index contributed by atoms with van der Waals surface area (Å²) in [6, 6.07) is 9.98. The Morgan fingerprint density at radius 2 is 2.07 bits per heavy atom. The number of hydrogen-bond acceptors (Lipinski definition) is 3. The Balaban J connectivity index is 2.21. The number of aliphatic hydroxyl groups excluding tert-OH is 1. The van der Waals surface area contributed by atoms with Crippen LogP contribution in [0.4, 0.5) is 0 Å². The SMILES string of the molecule is OCc1[nH]nc(Sc2ccccc2)c1Br. The van der Waals surface area contributed by atoms with E-state index in [0.717, 1.165) is 14.4 Å². The van der Waals surface area contributed by atoms with Crippen molar-refractivity contribution in [2.24, 2.45) is 0 Å². The van der Waals surface area contributed by atoms with Gasteiger partial charge in [-0.25, -0.2) is 0 Å². The van der Waals surface area contributed by atoms with Crippen LogP contribution in [0.1, 0.15) is 5.69 Å². The topological polar surface area (TPSA) is 48.9 Å². The van der Waals surface area contributed by atoms with Crippen molar-refractivity contribution in [1.29, 1.82) is 0 Å². The lowest BCUT2D eigenvalue weighted by molar-refractivity contribution is 0.276. The molecule has 0 aliphatic rings. The molecular weight excluding hydrogens is 276 g/mol. The summed E-state index contributed by atoms with van der Waals surface area (Å²) in [7, 11) is 0. The summed E-state index contributed by atoms with van der Waals surface area (Å²) in [6.07, 6.45) is 0. The maximum atomic E-state index is 8.99. The molecule has 2 aromatic rings. The first-order valence-corrected chi connectivity index (χ1v) is 5.98. The monoisotopic (exact) mass is 284 g/mol. The highest BCUT2D eigenvalue weighted by Crippen LogP contribution is 2.33. The number of nitrogens with zero attached hydrogens (tertiary/aromatic N) is 1. The third-order valence-electron chi connectivity index (χ3n) is 1.86. The number of H-pyrrole nitrogens is 1. The third kappa shape index (κ3) is 2.42. The molecule has 78 valence electrons. The van der Waals surface area contributed by atoms with Crippen molar-refractivity contribution in [3.63, 3.8) is 0 Å². The quantitative estimate of drug-likeness (QED) is 0.911. The van der Waals surface area contributed by atoms with E-state index in [-0.39, 0.29) is 6.61 Å². The number of hydrogen-bond donors (Lipinski definition) is 2.